The van der Waals surface area contributed by atoms with Crippen LogP contribution in [0.3, 0.4) is 0 Å². The van der Waals surface area contributed by atoms with Gasteiger partial charge in [0, 0.05) is 12.8 Å². The molecule has 26 heavy (non-hydrogen) atoms. The van der Waals surface area contributed by atoms with Gasteiger partial charge < -0.3 is 10.2 Å². The van der Waals surface area contributed by atoms with Gasteiger partial charge in [0.1, 0.15) is 0 Å². The highest BCUT2D eigenvalue weighted by Crippen LogP contribution is 2.66. The van der Waals surface area contributed by atoms with Crippen molar-refractivity contribution >= 4 is 11.8 Å². The van der Waals surface area contributed by atoms with Crippen LogP contribution in [0.1, 0.15) is 65.2 Å². The Morgan fingerprint density at radius 3 is 2.65 bits per heavy atom. The predicted octanol–water partition coefficient (Wildman–Crippen LogP) is 3.89. The molecule has 0 aliphatic heterocycles. The molecule has 4 rings (SSSR count). The molecule has 0 amide bonds. The van der Waals surface area contributed by atoms with Crippen LogP contribution >= 0.6 is 0 Å². The molecule has 0 unspecified atom stereocenters. The van der Waals surface area contributed by atoms with Crippen molar-refractivity contribution in [3.63, 3.8) is 0 Å². The Kier molecular flexibility index (Phi) is 4.00. The van der Waals surface area contributed by atoms with Crippen LogP contribution in [0.4, 0.5) is 0 Å². The van der Waals surface area contributed by atoms with Crippen LogP contribution in [0.2, 0.25) is 0 Å². The summed E-state index contributed by atoms with van der Waals surface area (Å²) in [5.74, 6) is 0.748. The second kappa shape index (κ2) is 5.79. The number of carbonyl (C=O) groups excluding carboxylic acids is 1. The number of ketones is 1. The van der Waals surface area contributed by atoms with E-state index < -0.39 is 11.6 Å². The number of hydrogen-bond acceptors (Lipinski definition) is 3. The molecule has 2 N–H and O–H groups in total. The maximum absolute atomic E-state index is 11.9. The molecule has 0 bridgehead atoms. The number of aliphatic carboxylic acids is 1. The summed E-state index contributed by atoms with van der Waals surface area (Å²) in [6.07, 6.45) is 11.9. The van der Waals surface area contributed by atoms with Crippen molar-refractivity contribution in [2.45, 2.75) is 70.8 Å². The van der Waals surface area contributed by atoms with Gasteiger partial charge >= 0.3 is 5.97 Å². The van der Waals surface area contributed by atoms with Crippen LogP contribution in [0.5, 0.6) is 0 Å². The van der Waals surface area contributed by atoms with E-state index in [2.05, 4.69) is 26.0 Å². The number of carbonyl (C=O) groups is 2. The van der Waals surface area contributed by atoms with E-state index in [1.165, 1.54) is 5.57 Å². The molecule has 0 saturated heterocycles. The number of carboxylic acids is 1. The molecule has 142 valence electrons. The van der Waals surface area contributed by atoms with Crippen molar-refractivity contribution in [2.24, 2.45) is 28.6 Å². The highest BCUT2D eigenvalue weighted by Gasteiger charge is 2.62. The van der Waals surface area contributed by atoms with E-state index in [1.807, 2.05) is 6.08 Å². The Morgan fingerprint density at radius 2 is 1.92 bits per heavy atom. The van der Waals surface area contributed by atoms with Crippen molar-refractivity contribution in [2.75, 3.05) is 0 Å². The van der Waals surface area contributed by atoms with Gasteiger partial charge in [0.05, 0.1) is 5.60 Å². The van der Waals surface area contributed by atoms with Gasteiger partial charge in [-0.2, -0.15) is 0 Å². The zero-order valence-corrected chi connectivity index (χ0v) is 15.8. The third kappa shape index (κ3) is 2.37. The van der Waals surface area contributed by atoms with Crippen LogP contribution in [0, 0.1) is 28.6 Å². The van der Waals surface area contributed by atoms with E-state index in [9.17, 15) is 14.7 Å². The fourth-order valence-electron chi connectivity index (χ4n) is 6.83. The smallest absolute Gasteiger partial charge is 0.303 e. The van der Waals surface area contributed by atoms with Gasteiger partial charge in [0.2, 0.25) is 0 Å². The lowest BCUT2D eigenvalue weighted by Gasteiger charge is -2.57. The van der Waals surface area contributed by atoms with Gasteiger partial charge in [-0.25, -0.2) is 0 Å². The van der Waals surface area contributed by atoms with Gasteiger partial charge in [-0.15, -0.1) is 0 Å². The summed E-state index contributed by atoms with van der Waals surface area (Å²) >= 11 is 0. The number of rotatable bonds is 3. The first-order valence-corrected chi connectivity index (χ1v) is 10.1. The molecule has 0 aromatic carbocycles. The fourth-order valence-corrected chi connectivity index (χ4v) is 6.83. The van der Waals surface area contributed by atoms with E-state index in [1.54, 1.807) is 0 Å². The Bertz CT molecular complexity index is 707. The van der Waals surface area contributed by atoms with Crippen LogP contribution in [-0.4, -0.2) is 27.6 Å². The fraction of sp³-hybridized carbons (Fsp3) is 0.727. The molecule has 0 aromatic heterocycles. The molecule has 2 fully saturated rings. The molecule has 4 aliphatic rings. The van der Waals surface area contributed by atoms with Gasteiger partial charge in [-0.05, 0) is 78.8 Å². The zero-order chi connectivity index (χ0) is 18.7. The molecule has 4 nitrogen and oxygen atoms in total. The number of allylic oxidation sites excluding steroid dienone is 4. The van der Waals surface area contributed by atoms with E-state index in [0.717, 1.165) is 25.7 Å². The molecular weight excluding hydrogens is 328 g/mol. The van der Waals surface area contributed by atoms with Crippen LogP contribution in [0.15, 0.2) is 23.8 Å². The van der Waals surface area contributed by atoms with E-state index in [0.29, 0.717) is 37.0 Å². The molecule has 6 atom stereocenters. The van der Waals surface area contributed by atoms with E-state index in [4.69, 9.17) is 5.11 Å². The van der Waals surface area contributed by atoms with Crippen molar-refractivity contribution in [1.29, 1.82) is 0 Å². The monoisotopic (exact) mass is 358 g/mol. The van der Waals surface area contributed by atoms with Crippen molar-refractivity contribution < 1.29 is 19.8 Å². The number of carboxylic acid groups (broad SMARTS) is 1. The molecule has 4 heteroatoms. The molecule has 0 radical (unpaired) electrons. The lowest BCUT2D eigenvalue weighted by Crippen LogP contribution is -2.53. The normalized spacial score (nSPS) is 47.0. The Hall–Kier alpha value is -1.42. The van der Waals surface area contributed by atoms with Gasteiger partial charge in [-0.3, -0.25) is 9.59 Å². The quantitative estimate of drug-likeness (QED) is 0.802. The standard InChI is InChI=1S/C22H30O4/c1-20-9-5-15(23)13-14(20)3-4-16-17(20)6-10-21(2)18(16)7-11-22(21,26)12-8-19(24)25/h3-4,13,16-18,26H,5-12H2,1-2H3,(H,24,25)/t16-,17+,18-,20-,21-,22+/m0/s1. The van der Waals surface area contributed by atoms with Crippen LogP contribution in [0.25, 0.3) is 0 Å². The van der Waals surface area contributed by atoms with Crippen LogP contribution in [-0.2, 0) is 9.59 Å². The topological polar surface area (TPSA) is 74.6 Å². The first-order chi connectivity index (χ1) is 12.2. The summed E-state index contributed by atoms with van der Waals surface area (Å²) in [5, 5.41) is 20.5. The second-order valence-electron chi connectivity index (χ2n) is 9.55. The Labute approximate surface area is 155 Å². The summed E-state index contributed by atoms with van der Waals surface area (Å²) in [7, 11) is 0. The molecule has 0 heterocycles. The molecule has 4 aliphatic carbocycles. The van der Waals surface area contributed by atoms with Gasteiger partial charge in [0.25, 0.3) is 0 Å². The minimum absolute atomic E-state index is 0.0372. The minimum atomic E-state index is -0.867. The summed E-state index contributed by atoms with van der Waals surface area (Å²) in [5.41, 5.74) is 0.179. The summed E-state index contributed by atoms with van der Waals surface area (Å²) in [6.45, 7) is 4.51. The number of aliphatic hydroxyl groups is 1. The SMILES string of the molecule is C[C@]12CCC(=O)C=C1C=C[C@H]1[C@H]2CC[C@@]2(C)[C@H]1CC[C@@]2(O)CCC(=O)O. The lowest BCUT2D eigenvalue weighted by molar-refractivity contribution is -0.144. The van der Waals surface area contributed by atoms with Crippen LogP contribution < -0.4 is 0 Å². The van der Waals surface area contributed by atoms with Crippen molar-refractivity contribution in [3.8, 4) is 0 Å². The highest BCUT2D eigenvalue weighted by atomic mass is 16.4. The Balaban J connectivity index is 1.66. The minimum Gasteiger partial charge on any atom is -0.481 e. The summed E-state index contributed by atoms with van der Waals surface area (Å²) < 4.78 is 0. The predicted molar refractivity (Wildman–Crippen MR) is 98.4 cm³/mol. The molecule has 2 saturated carbocycles. The number of fused-ring (bicyclic) bond motifs is 5. The molecule has 0 aromatic rings. The van der Waals surface area contributed by atoms with Crippen molar-refractivity contribution in [1.82, 2.24) is 0 Å². The van der Waals surface area contributed by atoms with E-state index >= 15 is 0 Å². The summed E-state index contributed by atoms with van der Waals surface area (Å²) in [6, 6.07) is 0. The maximum Gasteiger partial charge on any atom is 0.303 e. The lowest BCUT2D eigenvalue weighted by atomic mass is 9.48. The van der Waals surface area contributed by atoms with Gasteiger partial charge in [0.15, 0.2) is 5.78 Å². The van der Waals surface area contributed by atoms with E-state index in [-0.39, 0.29) is 23.0 Å². The second-order valence-corrected chi connectivity index (χ2v) is 9.55. The first kappa shape index (κ1) is 18.0. The zero-order valence-electron chi connectivity index (χ0n) is 15.8. The largest absolute Gasteiger partial charge is 0.481 e. The highest BCUT2D eigenvalue weighted by molar-refractivity contribution is 5.92. The third-order valence-corrected chi connectivity index (χ3v) is 8.59. The summed E-state index contributed by atoms with van der Waals surface area (Å²) in [4.78, 5) is 22.9. The molecule has 0 spiro atoms. The van der Waals surface area contributed by atoms with Gasteiger partial charge in [-0.1, -0.05) is 26.0 Å². The average Bonchev–Trinajstić information content (AvgIpc) is 2.86. The molecular formula is C22H30O4. The maximum atomic E-state index is 11.9. The third-order valence-electron chi connectivity index (χ3n) is 8.59. The Morgan fingerprint density at radius 1 is 1.19 bits per heavy atom. The first-order valence-electron chi connectivity index (χ1n) is 10.1. The van der Waals surface area contributed by atoms with Crippen molar-refractivity contribution in [3.05, 3.63) is 23.8 Å². The average molecular weight is 358 g/mol. The number of hydrogen-bond donors (Lipinski definition) is 2.